The van der Waals surface area contributed by atoms with Crippen molar-refractivity contribution in [1.82, 2.24) is 0 Å². The molecule has 132 valence electrons. The third-order valence-corrected chi connectivity index (χ3v) is 5.49. The van der Waals surface area contributed by atoms with Crippen molar-refractivity contribution < 1.29 is 0 Å². The van der Waals surface area contributed by atoms with Crippen molar-refractivity contribution in [3.63, 3.8) is 0 Å². The van der Waals surface area contributed by atoms with Gasteiger partial charge in [0, 0.05) is 16.8 Å². The number of fused-ring (bicyclic) bond motifs is 1. The van der Waals surface area contributed by atoms with Gasteiger partial charge in [-0.2, -0.15) is 10.5 Å². The fourth-order valence-electron chi connectivity index (χ4n) is 3.54. The Bertz CT molecular complexity index is 1020. The topological polar surface area (TPSA) is 47.6 Å². The summed E-state index contributed by atoms with van der Waals surface area (Å²) in [5.41, 5.74) is 0.801. The Kier molecular flexibility index (Phi) is 5.75. The Hall–Kier alpha value is -2.88. The highest BCUT2D eigenvalue weighted by molar-refractivity contribution is 9.10. The fourth-order valence-corrected chi connectivity index (χ4v) is 3.80. The van der Waals surface area contributed by atoms with E-state index in [4.69, 9.17) is 0 Å². The van der Waals surface area contributed by atoms with Crippen molar-refractivity contribution in [2.75, 3.05) is 0 Å². The van der Waals surface area contributed by atoms with E-state index in [0.717, 1.165) is 26.4 Å². The molecule has 3 aromatic carbocycles. The largest absolute Gasteiger partial charge is 0.197 e. The van der Waals surface area contributed by atoms with Crippen molar-refractivity contribution in [1.29, 1.82) is 10.5 Å². The third-order valence-electron chi connectivity index (χ3n) is 4.97. The molecule has 3 rings (SSSR count). The van der Waals surface area contributed by atoms with E-state index < -0.39 is 5.41 Å². The van der Waals surface area contributed by atoms with E-state index in [-0.39, 0.29) is 5.92 Å². The van der Waals surface area contributed by atoms with Crippen molar-refractivity contribution in [2.24, 2.45) is 5.41 Å². The lowest BCUT2D eigenvalue weighted by molar-refractivity contribution is 0.408. The smallest absolute Gasteiger partial charge is 0.154 e. The van der Waals surface area contributed by atoms with Gasteiger partial charge < -0.3 is 0 Å². The predicted octanol–water partition coefficient (Wildman–Crippen LogP) is 6.54. The maximum absolute atomic E-state index is 10.0. The van der Waals surface area contributed by atoms with E-state index in [1.807, 2.05) is 48.5 Å². The molecule has 0 aliphatic carbocycles. The number of nitriles is 2. The number of rotatable bonds is 6. The average Bonchev–Trinajstić information content (AvgIpc) is 2.71. The molecule has 0 radical (unpaired) electrons. The van der Waals surface area contributed by atoms with Crippen LogP contribution in [0.2, 0.25) is 0 Å². The van der Waals surface area contributed by atoms with Crippen LogP contribution in [-0.2, 0) is 6.42 Å². The quantitative estimate of drug-likeness (QED) is 0.429. The number of hydrogen-bond donors (Lipinski definition) is 0. The molecule has 0 spiro atoms. The molecule has 0 aromatic heterocycles. The molecule has 1 unspecified atom stereocenters. The zero-order valence-electron chi connectivity index (χ0n) is 14.9. The average molecular weight is 415 g/mol. The van der Waals surface area contributed by atoms with Gasteiger partial charge in [0.2, 0.25) is 0 Å². The highest BCUT2D eigenvalue weighted by atomic mass is 79.9. The van der Waals surface area contributed by atoms with Crippen LogP contribution >= 0.6 is 15.9 Å². The molecule has 0 aliphatic rings. The molecular weight excluding hydrogens is 396 g/mol. The predicted molar refractivity (Wildman–Crippen MR) is 113 cm³/mol. The molecule has 3 heteroatoms. The van der Waals surface area contributed by atoms with Crippen LogP contribution in [0.3, 0.4) is 0 Å². The summed E-state index contributed by atoms with van der Waals surface area (Å²) >= 11 is 3.44. The number of halogens is 1. The van der Waals surface area contributed by atoms with E-state index in [2.05, 4.69) is 52.8 Å². The summed E-state index contributed by atoms with van der Waals surface area (Å²) in [4.78, 5) is 0. The molecule has 1 atom stereocenters. The Labute approximate surface area is 168 Å². The number of hydrogen-bond acceptors (Lipinski definition) is 2. The van der Waals surface area contributed by atoms with Crippen molar-refractivity contribution >= 4 is 26.7 Å². The first-order valence-corrected chi connectivity index (χ1v) is 9.58. The van der Waals surface area contributed by atoms with E-state index in [9.17, 15) is 10.5 Å². The standard InChI is InChI=1S/C24H19BrN2/c1-2-5-23(20-10-12-22(25)13-11-20)24(16-26,17-27)15-18-8-9-19-6-3-4-7-21(19)14-18/h2-4,6-14,23H,1,5,15H2. The molecule has 3 aromatic rings. The molecule has 0 amide bonds. The molecule has 27 heavy (non-hydrogen) atoms. The summed E-state index contributed by atoms with van der Waals surface area (Å²) in [5.74, 6) is -0.246. The van der Waals surface area contributed by atoms with E-state index >= 15 is 0 Å². The zero-order chi connectivity index (χ0) is 19.3. The minimum absolute atomic E-state index is 0.246. The Balaban J connectivity index is 2.04. The van der Waals surface area contributed by atoms with Gasteiger partial charge in [-0.1, -0.05) is 76.6 Å². The summed E-state index contributed by atoms with van der Waals surface area (Å²) in [5, 5.41) is 22.4. The van der Waals surface area contributed by atoms with Crippen LogP contribution in [0.25, 0.3) is 10.8 Å². The van der Waals surface area contributed by atoms with Gasteiger partial charge in [-0.05, 0) is 40.5 Å². The van der Waals surface area contributed by atoms with Gasteiger partial charge >= 0.3 is 0 Å². The number of benzene rings is 3. The van der Waals surface area contributed by atoms with Gasteiger partial charge in [0.25, 0.3) is 0 Å². The van der Waals surface area contributed by atoms with Crippen LogP contribution < -0.4 is 0 Å². The molecule has 0 aliphatic heterocycles. The van der Waals surface area contributed by atoms with Gasteiger partial charge in [-0.15, -0.1) is 6.58 Å². The third kappa shape index (κ3) is 3.95. The molecule has 0 saturated carbocycles. The minimum Gasteiger partial charge on any atom is -0.197 e. The van der Waals surface area contributed by atoms with Gasteiger partial charge in [0.1, 0.15) is 0 Å². The summed E-state index contributed by atoms with van der Waals surface area (Å²) in [7, 11) is 0. The summed E-state index contributed by atoms with van der Waals surface area (Å²) in [6, 6.07) is 26.8. The van der Waals surface area contributed by atoms with Gasteiger partial charge in [0.05, 0.1) is 12.1 Å². The van der Waals surface area contributed by atoms with E-state index in [0.29, 0.717) is 12.8 Å². The van der Waals surface area contributed by atoms with Crippen LogP contribution in [0, 0.1) is 28.1 Å². The highest BCUT2D eigenvalue weighted by Crippen LogP contribution is 2.41. The van der Waals surface area contributed by atoms with Gasteiger partial charge in [0.15, 0.2) is 5.41 Å². The van der Waals surface area contributed by atoms with E-state index in [1.54, 1.807) is 6.08 Å². The Morgan fingerprint density at radius 3 is 2.26 bits per heavy atom. The van der Waals surface area contributed by atoms with Crippen LogP contribution in [0.5, 0.6) is 0 Å². The molecule has 0 N–H and O–H groups in total. The lowest BCUT2D eigenvalue weighted by Crippen LogP contribution is -2.28. The van der Waals surface area contributed by atoms with E-state index in [1.165, 1.54) is 0 Å². The summed E-state index contributed by atoms with van der Waals surface area (Å²) in [6.07, 6.45) is 2.73. The van der Waals surface area contributed by atoms with Crippen molar-refractivity contribution in [3.05, 3.63) is 95.0 Å². The summed E-state index contributed by atoms with van der Waals surface area (Å²) < 4.78 is 0.970. The minimum atomic E-state index is -1.16. The number of nitrogens with zero attached hydrogens (tertiary/aromatic N) is 2. The van der Waals surface area contributed by atoms with Crippen molar-refractivity contribution in [3.8, 4) is 12.1 Å². The molecule has 0 bridgehead atoms. The maximum Gasteiger partial charge on any atom is 0.154 e. The second-order valence-electron chi connectivity index (χ2n) is 6.68. The lowest BCUT2D eigenvalue weighted by atomic mass is 9.69. The first kappa shape index (κ1) is 18.9. The number of allylic oxidation sites excluding steroid dienone is 1. The molecule has 2 nitrogen and oxygen atoms in total. The summed E-state index contributed by atoms with van der Waals surface area (Å²) in [6.45, 7) is 3.85. The van der Waals surface area contributed by atoms with Crippen LogP contribution in [0.1, 0.15) is 23.5 Å². The first-order valence-electron chi connectivity index (χ1n) is 8.78. The maximum atomic E-state index is 10.0. The van der Waals surface area contributed by atoms with Crippen LogP contribution in [0.4, 0.5) is 0 Å². The molecule has 0 fully saturated rings. The van der Waals surface area contributed by atoms with Gasteiger partial charge in [-0.3, -0.25) is 0 Å². The van der Waals surface area contributed by atoms with Crippen LogP contribution in [0.15, 0.2) is 83.9 Å². The molecule has 0 saturated heterocycles. The van der Waals surface area contributed by atoms with Crippen LogP contribution in [-0.4, -0.2) is 0 Å². The molecule has 0 heterocycles. The molecular formula is C24H19BrN2. The Morgan fingerprint density at radius 2 is 1.63 bits per heavy atom. The normalized spacial score (nSPS) is 12.1. The monoisotopic (exact) mass is 414 g/mol. The van der Waals surface area contributed by atoms with Gasteiger partial charge in [-0.25, -0.2) is 0 Å². The highest BCUT2D eigenvalue weighted by Gasteiger charge is 2.40. The van der Waals surface area contributed by atoms with Crippen molar-refractivity contribution in [2.45, 2.75) is 18.8 Å². The fraction of sp³-hybridized carbons (Fsp3) is 0.167. The lowest BCUT2D eigenvalue weighted by Gasteiger charge is -2.29. The SMILES string of the molecule is C=CCC(c1ccc(Br)cc1)C(C#N)(C#N)Cc1ccc2ccccc2c1. The Morgan fingerprint density at radius 1 is 0.963 bits per heavy atom. The zero-order valence-corrected chi connectivity index (χ0v) is 16.5. The second kappa shape index (κ2) is 8.21. The first-order chi connectivity index (χ1) is 13.1. The second-order valence-corrected chi connectivity index (χ2v) is 7.60.